The highest BCUT2D eigenvalue weighted by Gasteiger charge is 2.49. The molecule has 1 saturated carbocycles. The fourth-order valence-corrected chi connectivity index (χ4v) is 10.3. The number of fused-ring (bicyclic) bond motifs is 5. The van der Waals surface area contributed by atoms with Crippen LogP contribution in [-0.2, 0) is 32.5 Å². The fourth-order valence-electron chi connectivity index (χ4n) is 10.3. The second kappa shape index (κ2) is 13.1. The number of phenols is 1. The van der Waals surface area contributed by atoms with Crippen molar-refractivity contribution in [2.75, 3.05) is 55.7 Å². The lowest BCUT2D eigenvalue weighted by molar-refractivity contribution is 0.0709. The Bertz CT molecular complexity index is 2140. The Morgan fingerprint density at radius 1 is 1.02 bits per heavy atom. The lowest BCUT2D eigenvalue weighted by Crippen LogP contribution is -2.43. The first kappa shape index (κ1) is 34.0. The summed E-state index contributed by atoms with van der Waals surface area (Å²) >= 11 is 0. The maximum Gasteiger partial charge on any atom is 0.318 e. The van der Waals surface area contributed by atoms with Crippen LogP contribution in [0.25, 0.3) is 10.8 Å². The molecule has 2 unspecified atom stereocenters. The van der Waals surface area contributed by atoms with Crippen LogP contribution >= 0.6 is 0 Å². The molecular weight excluding hydrogens is 690 g/mol. The number of anilines is 2. The average Bonchev–Trinajstić information content (AvgIpc) is 3.63. The van der Waals surface area contributed by atoms with E-state index < -0.39 is 6.17 Å². The number of nitrogens with zero attached hydrogens (tertiary/aromatic N) is 8. The summed E-state index contributed by atoms with van der Waals surface area (Å²) in [4.78, 5) is 32.4. The second-order valence-corrected chi connectivity index (χ2v) is 16.5. The average molecular weight is 739 g/mol. The van der Waals surface area contributed by atoms with Crippen LogP contribution in [0.2, 0.25) is 0 Å². The molecule has 2 aromatic heterocycles. The van der Waals surface area contributed by atoms with E-state index in [1.807, 2.05) is 22.6 Å². The van der Waals surface area contributed by atoms with Gasteiger partial charge in [0.2, 0.25) is 0 Å². The number of likely N-dealkylation sites (tertiary alicyclic amines) is 1. The molecule has 284 valence electrons. The Labute approximate surface area is 313 Å². The molecule has 4 aromatic rings. The van der Waals surface area contributed by atoms with Gasteiger partial charge in [0.05, 0.1) is 30.0 Å². The number of aromatic nitrogens is 4. The number of piperidine rings is 1. The Balaban J connectivity index is 0.991. The summed E-state index contributed by atoms with van der Waals surface area (Å²) in [6.45, 7) is 8.26. The van der Waals surface area contributed by atoms with E-state index in [4.69, 9.17) is 19.8 Å². The number of phenolic OH excluding ortho intramolecular Hbond substituents is 1. The third-order valence-electron chi connectivity index (χ3n) is 13.2. The molecule has 5 aliphatic heterocycles. The fraction of sp³-hybridized carbons (Fsp3) is 0.561. The smallest absolute Gasteiger partial charge is 0.318 e. The minimum Gasteiger partial charge on any atom is -0.508 e. The molecule has 0 spiro atoms. The van der Waals surface area contributed by atoms with Gasteiger partial charge in [-0.15, -0.1) is 0 Å². The molecule has 2 aromatic carbocycles. The normalized spacial score (nSPS) is 26.4. The van der Waals surface area contributed by atoms with Gasteiger partial charge in [0, 0.05) is 68.4 Å². The molecule has 54 heavy (non-hydrogen) atoms. The summed E-state index contributed by atoms with van der Waals surface area (Å²) in [5, 5.41) is 17.2. The first-order valence-electron chi connectivity index (χ1n) is 20.0. The van der Waals surface area contributed by atoms with Crippen LogP contribution in [0.5, 0.6) is 11.8 Å². The van der Waals surface area contributed by atoms with E-state index in [1.165, 1.54) is 12.5 Å². The summed E-state index contributed by atoms with van der Waals surface area (Å²) in [5.41, 5.74) is 4.40. The lowest BCUT2D eigenvalue weighted by Gasteiger charge is -2.35. The first-order chi connectivity index (χ1) is 26.2. The molecule has 11 nitrogen and oxygen atoms in total. The third-order valence-corrected chi connectivity index (χ3v) is 13.2. The number of benzene rings is 2. The van der Waals surface area contributed by atoms with Crippen molar-refractivity contribution in [1.29, 1.82) is 0 Å². The van der Waals surface area contributed by atoms with Crippen molar-refractivity contribution >= 4 is 28.2 Å². The van der Waals surface area contributed by atoms with Gasteiger partial charge in [-0.05, 0) is 92.5 Å². The van der Waals surface area contributed by atoms with Crippen LogP contribution in [0.3, 0.4) is 0 Å². The highest BCUT2D eigenvalue weighted by molar-refractivity contribution is 5.98. The molecule has 6 aliphatic rings. The van der Waals surface area contributed by atoms with Crippen molar-refractivity contribution in [3.8, 4) is 11.8 Å². The van der Waals surface area contributed by atoms with Gasteiger partial charge in [0.15, 0.2) is 5.69 Å². The summed E-state index contributed by atoms with van der Waals surface area (Å²) in [6, 6.07) is 8.86. The molecule has 3 saturated heterocycles. The van der Waals surface area contributed by atoms with Crippen molar-refractivity contribution in [3.63, 3.8) is 0 Å². The number of hydrogen-bond donors (Lipinski definition) is 1. The number of rotatable bonds is 7. The van der Waals surface area contributed by atoms with E-state index in [2.05, 4.69) is 14.7 Å². The minimum atomic E-state index is -0.864. The zero-order chi connectivity index (χ0) is 36.7. The number of aryl methyl sites for hydroxylation is 2. The van der Waals surface area contributed by atoms with E-state index in [0.717, 1.165) is 97.0 Å². The van der Waals surface area contributed by atoms with Crippen molar-refractivity contribution in [3.05, 3.63) is 64.4 Å². The van der Waals surface area contributed by atoms with Crippen LogP contribution in [0.1, 0.15) is 78.5 Å². The number of halogens is 2. The van der Waals surface area contributed by atoms with E-state index >= 15 is 4.39 Å². The lowest BCUT2D eigenvalue weighted by atomic mass is 9.95. The maximum absolute atomic E-state index is 15.2. The number of carbonyl (C=O) groups excluding carboxylic acids is 1. The van der Waals surface area contributed by atoms with Gasteiger partial charge in [0.1, 0.15) is 30.2 Å². The van der Waals surface area contributed by atoms with Gasteiger partial charge in [-0.2, -0.15) is 15.1 Å². The SMILES string of the molecule is CCc1c(F)ccc2cc(O)cc(N3CCc4c(nc(OC[C@@]56CCCN5C[C@H](F)C6)nc4N4CCCn5nc(C(=O)N6CCC7CC7C6)cc5C4)C3)c12. The number of amides is 1. The molecular formula is C41H48F2N8O3. The van der Waals surface area contributed by atoms with Gasteiger partial charge < -0.3 is 24.5 Å². The predicted molar refractivity (Wildman–Crippen MR) is 200 cm³/mol. The van der Waals surface area contributed by atoms with E-state index in [9.17, 15) is 14.3 Å². The molecule has 1 N–H and O–H groups in total. The largest absolute Gasteiger partial charge is 0.508 e. The third kappa shape index (κ3) is 5.84. The number of ether oxygens (including phenoxy) is 1. The zero-order valence-electron chi connectivity index (χ0n) is 30.9. The van der Waals surface area contributed by atoms with Crippen LogP contribution in [0, 0.1) is 17.7 Å². The zero-order valence-corrected chi connectivity index (χ0v) is 30.9. The molecule has 10 rings (SSSR count). The topological polar surface area (TPSA) is 103 Å². The van der Waals surface area contributed by atoms with Crippen LogP contribution in [-0.4, -0.2) is 98.1 Å². The van der Waals surface area contributed by atoms with Crippen molar-refractivity contribution in [2.24, 2.45) is 11.8 Å². The molecule has 13 heteroatoms. The van der Waals surface area contributed by atoms with Gasteiger partial charge in [0.25, 0.3) is 5.91 Å². The monoisotopic (exact) mass is 738 g/mol. The van der Waals surface area contributed by atoms with Gasteiger partial charge in [-0.3, -0.25) is 14.4 Å². The maximum atomic E-state index is 15.2. The molecule has 4 fully saturated rings. The summed E-state index contributed by atoms with van der Waals surface area (Å²) in [5.74, 6) is 2.16. The predicted octanol–water partition coefficient (Wildman–Crippen LogP) is 5.64. The summed E-state index contributed by atoms with van der Waals surface area (Å²) in [6.07, 6.45) is 5.80. The van der Waals surface area contributed by atoms with Gasteiger partial charge in [-0.1, -0.05) is 13.0 Å². The molecule has 1 aliphatic carbocycles. The van der Waals surface area contributed by atoms with Crippen LogP contribution < -0.4 is 14.5 Å². The van der Waals surface area contributed by atoms with Gasteiger partial charge in [-0.25, -0.2) is 8.78 Å². The molecule has 4 atom stereocenters. The number of alkyl halides is 1. The van der Waals surface area contributed by atoms with Gasteiger partial charge >= 0.3 is 6.01 Å². The molecule has 0 bridgehead atoms. The first-order valence-corrected chi connectivity index (χ1v) is 20.0. The highest BCUT2D eigenvalue weighted by atomic mass is 19.1. The van der Waals surface area contributed by atoms with E-state index in [0.29, 0.717) is 75.8 Å². The highest BCUT2D eigenvalue weighted by Crippen LogP contribution is 2.45. The Kier molecular flexibility index (Phi) is 8.22. The minimum absolute atomic E-state index is 0.0241. The molecule has 0 radical (unpaired) electrons. The Morgan fingerprint density at radius 3 is 2.80 bits per heavy atom. The molecule has 7 heterocycles. The Morgan fingerprint density at radius 2 is 1.93 bits per heavy atom. The van der Waals surface area contributed by atoms with E-state index in [1.54, 1.807) is 18.2 Å². The van der Waals surface area contributed by atoms with Crippen molar-refractivity contribution < 1.29 is 23.4 Å². The number of carbonyl (C=O) groups is 1. The number of hydrogen-bond acceptors (Lipinski definition) is 9. The van der Waals surface area contributed by atoms with Crippen LogP contribution in [0.15, 0.2) is 30.3 Å². The second-order valence-electron chi connectivity index (χ2n) is 16.5. The Hall–Kier alpha value is -4.52. The summed E-state index contributed by atoms with van der Waals surface area (Å²) in [7, 11) is 0. The standard InChI is InChI=1S/C41H48F2N8O3/c1-2-31-33(43)6-5-26-16-30(52)18-36(37(26)31)47-14-8-32-35(23-47)44-40(54-24-41-9-3-11-50(41)21-28(42)19-41)45-38(32)48-10-4-12-51-29(22-48)17-34(46-51)39(53)49-13-7-25-15-27(25)20-49/h5-6,16-18,25,27-28,52H,2-4,7-15,19-24H2,1H3/t25?,27?,28-,41+/m1/s1. The van der Waals surface area contributed by atoms with Crippen molar-refractivity contribution in [1.82, 2.24) is 29.5 Å². The summed E-state index contributed by atoms with van der Waals surface area (Å²) < 4.78 is 38.4. The van der Waals surface area contributed by atoms with Crippen molar-refractivity contribution in [2.45, 2.75) is 89.6 Å². The quantitative estimate of drug-likeness (QED) is 0.258. The van der Waals surface area contributed by atoms with E-state index in [-0.39, 0.29) is 29.0 Å². The van der Waals surface area contributed by atoms with Crippen LogP contribution in [0.4, 0.5) is 20.3 Å². The molecule has 1 amide bonds. The number of aromatic hydroxyl groups is 1.